The molecule has 126 valence electrons. The van der Waals surface area contributed by atoms with Gasteiger partial charge in [0, 0.05) is 31.9 Å². The molecule has 5 nitrogen and oxygen atoms in total. The molecule has 0 radical (unpaired) electrons. The molecule has 1 amide bonds. The van der Waals surface area contributed by atoms with Crippen molar-refractivity contribution in [2.75, 3.05) is 38.2 Å². The minimum atomic E-state index is -0.000943. The molecule has 1 rings (SSSR count). The number of aliphatic imine (C=N–C) groups is 1. The van der Waals surface area contributed by atoms with Crippen LogP contribution in [0.1, 0.15) is 23.0 Å². The molecule has 22 heavy (non-hydrogen) atoms. The molecule has 0 bridgehead atoms. The van der Waals surface area contributed by atoms with Crippen LogP contribution in [0.4, 0.5) is 0 Å². The first-order valence-corrected chi connectivity index (χ1v) is 9.38. The number of nitrogens with one attached hydrogen (secondary N) is 3. The highest BCUT2D eigenvalue weighted by Crippen LogP contribution is 2.07. The zero-order valence-electron chi connectivity index (χ0n) is 13.1. The fourth-order valence-electron chi connectivity index (χ4n) is 1.58. The Hall–Kier alpha value is -0.480. The van der Waals surface area contributed by atoms with E-state index in [-0.39, 0.29) is 29.9 Å². The summed E-state index contributed by atoms with van der Waals surface area (Å²) in [5.41, 5.74) is 0. The van der Waals surface area contributed by atoms with E-state index in [2.05, 4.69) is 27.2 Å². The van der Waals surface area contributed by atoms with Crippen molar-refractivity contribution in [2.45, 2.75) is 13.3 Å². The summed E-state index contributed by atoms with van der Waals surface area (Å²) in [6.45, 7) is 5.14. The number of carbonyl (C=O) groups excluding carboxylic acids is 1. The van der Waals surface area contributed by atoms with Gasteiger partial charge in [0.05, 0.1) is 4.88 Å². The number of carbonyl (C=O) groups is 1. The molecule has 0 spiro atoms. The van der Waals surface area contributed by atoms with Crippen molar-refractivity contribution in [3.05, 3.63) is 22.4 Å². The molecule has 1 aromatic rings. The highest BCUT2D eigenvalue weighted by molar-refractivity contribution is 14.0. The molecule has 0 aromatic carbocycles. The van der Waals surface area contributed by atoms with E-state index < -0.39 is 0 Å². The SMILES string of the molecule is CCNC(=NCCCNC(=O)c1cccs1)NCCSC.I. The van der Waals surface area contributed by atoms with Gasteiger partial charge in [-0.1, -0.05) is 6.07 Å². The highest BCUT2D eigenvalue weighted by atomic mass is 127. The van der Waals surface area contributed by atoms with Crippen LogP contribution in [0.3, 0.4) is 0 Å². The van der Waals surface area contributed by atoms with Crippen LogP contribution in [-0.2, 0) is 0 Å². The Morgan fingerprint density at radius 2 is 2.14 bits per heavy atom. The quantitative estimate of drug-likeness (QED) is 0.231. The summed E-state index contributed by atoms with van der Waals surface area (Å²) in [6.07, 6.45) is 2.91. The maximum absolute atomic E-state index is 11.7. The van der Waals surface area contributed by atoms with Gasteiger partial charge in [-0.25, -0.2) is 0 Å². The summed E-state index contributed by atoms with van der Waals surface area (Å²) in [5.74, 6) is 1.90. The van der Waals surface area contributed by atoms with Gasteiger partial charge in [-0.05, 0) is 31.0 Å². The van der Waals surface area contributed by atoms with Gasteiger partial charge in [-0.3, -0.25) is 9.79 Å². The second kappa shape index (κ2) is 14.1. The molecule has 0 unspecified atom stereocenters. The Morgan fingerprint density at radius 3 is 2.77 bits per heavy atom. The molecule has 3 N–H and O–H groups in total. The van der Waals surface area contributed by atoms with Crippen molar-refractivity contribution in [2.24, 2.45) is 4.99 Å². The van der Waals surface area contributed by atoms with Crippen molar-refractivity contribution >= 4 is 58.9 Å². The molecule has 0 aliphatic heterocycles. The lowest BCUT2D eigenvalue weighted by atomic mass is 10.4. The van der Waals surface area contributed by atoms with Crippen molar-refractivity contribution in [3.63, 3.8) is 0 Å². The summed E-state index contributed by atoms with van der Waals surface area (Å²) in [5, 5.41) is 11.3. The van der Waals surface area contributed by atoms with Gasteiger partial charge in [-0.2, -0.15) is 11.8 Å². The lowest BCUT2D eigenvalue weighted by molar-refractivity contribution is 0.0957. The van der Waals surface area contributed by atoms with E-state index in [4.69, 9.17) is 0 Å². The Balaban J connectivity index is 0.00000441. The van der Waals surface area contributed by atoms with Gasteiger partial charge in [0.15, 0.2) is 5.96 Å². The van der Waals surface area contributed by atoms with Crippen LogP contribution < -0.4 is 16.0 Å². The monoisotopic (exact) mass is 456 g/mol. The van der Waals surface area contributed by atoms with E-state index in [1.54, 1.807) is 11.8 Å². The van der Waals surface area contributed by atoms with E-state index in [1.807, 2.05) is 24.4 Å². The Kier molecular flexibility index (Phi) is 13.8. The number of amides is 1. The molecule has 0 aliphatic rings. The summed E-state index contributed by atoms with van der Waals surface area (Å²) >= 11 is 3.26. The van der Waals surface area contributed by atoms with E-state index in [1.165, 1.54) is 11.3 Å². The number of hydrogen-bond donors (Lipinski definition) is 3. The van der Waals surface area contributed by atoms with Crippen molar-refractivity contribution < 1.29 is 4.79 Å². The maximum Gasteiger partial charge on any atom is 0.261 e. The van der Waals surface area contributed by atoms with Crippen LogP contribution in [0.25, 0.3) is 0 Å². The first-order valence-electron chi connectivity index (χ1n) is 7.10. The number of halogens is 1. The number of nitrogens with zero attached hydrogens (tertiary/aromatic N) is 1. The lowest BCUT2D eigenvalue weighted by Gasteiger charge is -2.10. The smallest absolute Gasteiger partial charge is 0.261 e. The summed E-state index contributed by atoms with van der Waals surface area (Å²) in [6, 6.07) is 3.71. The van der Waals surface area contributed by atoms with Crippen molar-refractivity contribution in [1.82, 2.24) is 16.0 Å². The zero-order chi connectivity index (χ0) is 15.3. The zero-order valence-corrected chi connectivity index (χ0v) is 17.0. The van der Waals surface area contributed by atoms with Crippen LogP contribution in [0.15, 0.2) is 22.5 Å². The number of rotatable bonds is 9. The van der Waals surface area contributed by atoms with E-state index in [0.29, 0.717) is 13.1 Å². The highest BCUT2D eigenvalue weighted by Gasteiger charge is 2.04. The number of thiophene rings is 1. The van der Waals surface area contributed by atoms with Gasteiger partial charge in [0.25, 0.3) is 5.91 Å². The first kappa shape index (κ1) is 21.5. The molecule has 0 fully saturated rings. The third kappa shape index (κ3) is 9.52. The van der Waals surface area contributed by atoms with Gasteiger partial charge >= 0.3 is 0 Å². The first-order chi connectivity index (χ1) is 10.3. The van der Waals surface area contributed by atoms with Gasteiger partial charge in [-0.15, -0.1) is 35.3 Å². The van der Waals surface area contributed by atoms with E-state index >= 15 is 0 Å². The Morgan fingerprint density at radius 1 is 1.32 bits per heavy atom. The molecular formula is C14H25IN4OS2. The summed E-state index contributed by atoms with van der Waals surface area (Å²) in [7, 11) is 0. The minimum Gasteiger partial charge on any atom is -0.357 e. The van der Waals surface area contributed by atoms with Crippen LogP contribution >= 0.6 is 47.1 Å². The standard InChI is InChI=1S/C14H24N4OS2.HI/c1-3-15-14(18-9-11-20-2)17-8-5-7-16-13(19)12-6-4-10-21-12;/h4,6,10H,3,5,7-9,11H2,1-2H3,(H,16,19)(H2,15,17,18);1H. The maximum atomic E-state index is 11.7. The Bertz CT molecular complexity index is 426. The topological polar surface area (TPSA) is 65.5 Å². The number of guanidine groups is 1. The van der Waals surface area contributed by atoms with Gasteiger partial charge in [0.1, 0.15) is 0 Å². The van der Waals surface area contributed by atoms with Crippen molar-refractivity contribution in [3.8, 4) is 0 Å². The van der Waals surface area contributed by atoms with Crippen LogP contribution in [0.2, 0.25) is 0 Å². The average molecular weight is 456 g/mol. The summed E-state index contributed by atoms with van der Waals surface area (Å²) < 4.78 is 0. The van der Waals surface area contributed by atoms with E-state index in [0.717, 1.165) is 36.1 Å². The molecule has 0 saturated carbocycles. The molecule has 1 heterocycles. The minimum absolute atomic E-state index is 0. The molecule has 1 aromatic heterocycles. The fraction of sp³-hybridized carbons (Fsp3) is 0.571. The summed E-state index contributed by atoms with van der Waals surface area (Å²) in [4.78, 5) is 17.0. The Labute approximate surface area is 158 Å². The number of thioether (sulfide) groups is 1. The second-order valence-electron chi connectivity index (χ2n) is 4.27. The van der Waals surface area contributed by atoms with Gasteiger partial charge < -0.3 is 16.0 Å². The largest absolute Gasteiger partial charge is 0.357 e. The molecule has 0 atom stereocenters. The lowest BCUT2D eigenvalue weighted by Crippen LogP contribution is -2.38. The molecule has 0 saturated heterocycles. The average Bonchev–Trinajstić information content (AvgIpc) is 3.01. The third-order valence-corrected chi connectivity index (χ3v) is 4.06. The van der Waals surface area contributed by atoms with Crippen LogP contribution in [0, 0.1) is 0 Å². The molecule has 0 aliphatic carbocycles. The predicted octanol–water partition coefficient (Wildman–Crippen LogP) is 2.40. The second-order valence-corrected chi connectivity index (χ2v) is 6.20. The van der Waals surface area contributed by atoms with Crippen molar-refractivity contribution in [1.29, 1.82) is 0 Å². The van der Waals surface area contributed by atoms with Crippen LogP contribution in [0.5, 0.6) is 0 Å². The van der Waals surface area contributed by atoms with Crippen LogP contribution in [-0.4, -0.2) is 50.1 Å². The normalized spacial score (nSPS) is 10.7. The predicted molar refractivity (Wildman–Crippen MR) is 109 cm³/mol. The molecule has 8 heteroatoms. The number of hydrogen-bond acceptors (Lipinski definition) is 4. The molecular weight excluding hydrogens is 431 g/mol. The van der Waals surface area contributed by atoms with Gasteiger partial charge in [0.2, 0.25) is 0 Å². The third-order valence-electron chi connectivity index (χ3n) is 2.58. The fourth-order valence-corrected chi connectivity index (χ4v) is 2.53. The van der Waals surface area contributed by atoms with E-state index in [9.17, 15) is 4.79 Å².